The van der Waals surface area contributed by atoms with E-state index < -0.39 is 62.0 Å². The van der Waals surface area contributed by atoms with E-state index >= 15 is 0 Å². The van der Waals surface area contributed by atoms with E-state index in [0.717, 1.165) is 0 Å². The number of nitrogens with two attached hydrogens (primary N) is 5. The first-order chi connectivity index (χ1) is 11.5. The van der Waals surface area contributed by atoms with Crippen molar-refractivity contribution < 1.29 is 47.7 Å². The van der Waals surface area contributed by atoms with E-state index in [-0.39, 0.29) is 0 Å². The maximum absolute atomic E-state index is 11.1. The van der Waals surface area contributed by atoms with Crippen molar-refractivity contribution >= 4 is 30.5 Å². The Kier molecular flexibility index (Phi) is 8.70. The van der Waals surface area contributed by atoms with E-state index in [1.54, 1.807) is 0 Å². The fourth-order valence-corrected chi connectivity index (χ4v) is 1.54. The van der Waals surface area contributed by atoms with E-state index in [1.807, 2.05) is 0 Å². The molecule has 10 N–H and O–H groups in total. The Bertz CT molecular complexity index is 488. The van der Waals surface area contributed by atoms with Gasteiger partial charge in [0.15, 0.2) is 18.3 Å². The molecule has 5 amide bonds. The predicted molar refractivity (Wildman–Crippen MR) is 74.4 cm³/mol. The van der Waals surface area contributed by atoms with Crippen molar-refractivity contribution in [1.29, 1.82) is 0 Å². The zero-order valence-electron chi connectivity index (χ0n) is 12.6. The van der Waals surface area contributed by atoms with Crippen molar-refractivity contribution in [1.82, 2.24) is 0 Å². The number of carbonyl (C=O) groups is 5. The maximum Gasteiger partial charge on any atom is 0.405 e. The highest BCUT2D eigenvalue weighted by Crippen LogP contribution is 2.15. The maximum atomic E-state index is 11.1. The van der Waals surface area contributed by atoms with Crippen LogP contribution in [0.4, 0.5) is 24.0 Å². The summed E-state index contributed by atoms with van der Waals surface area (Å²) in [6.07, 6.45) is -11.8. The molecule has 0 spiro atoms. The molecule has 0 fully saturated rings. The molecule has 0 aliphatic rings. The Morgan fingerprint density at radius 3 is 1.12 bits per heavy atom. The lowest BCUT2D eigenvalue weighted by Crippen LogP contribution is -2.51. The first-order valence-corrected chi connectivity index (χ1v) is 6.25. The summed E-state index contributed by atoms with van der Waals surface area (Å²) >= 11 is 0. The van der Waals surface area contributed by atoms with Gasteiger partial charge in [-0.2, -0.15) is 0 Å². The van der Waals surface area contributed by atoms with E-state index in [2.05, 4.69) is 23.7 Å². The first kappa shape index (κ1) is 21.3. The first-order valence-electron chi connectivity index (χ1n) is 6.25. The summed E-state index contributed by atoms with van der Waals surface area (Å²) in [5.74, 6) is 0. The molecule has 0 bridgehead atoms. The second-order valence-electron chi connectivity index (χ2n) is 4.11. The molecule has 0 aromatic rings. The molecular weight excluding hydrogens is 350 g/mol. The van der Waals surface area contributed by atoms with Gasteiger partial charge in [-0.05, 0) is 0 Å². The van der Waals surface area contributed by atoms with Gasteiger partial charge < -0.3 is 52.4 Å². The minimum Gasteiger partial charge on any atom is -0.446 e. The highest BCUT2D eigenvalue weighted by Gasteiger charge is 2.39. The van der Waals surface area contributed by atoms with Crippen molar-refractivity contribution in [3.8, 4) is 0 Å². The van der Waals surface area contributed by atoms with Crippen LogP contribution >= 0.6 is 0 Å². The van der Waals surface area contributed by atoms with E-state index in [9.17, 15) is 24.0 Å². The van der Waals surface area contributed by atoms with Gasteiger partial charge in [0.2, 0.25) is 0 Å². The number of hydrogen-bond donors (Lipinski definition) is 5. The average Bonchev–Trinajstić information content (AvgIpc) is 2.44. The van der Waals surface area contributed by atoms with Crippen molar-refractivity contribution in [3.05, 3.63) is 0 Å². The van der Waals surface area contributed by atoms with Crippen LogP contribution in [-0.2, 0) is 23.7 Å². The summed E-state index contributed by atoms with van der Waals surface area (Å²) in [7, 11) is 0. The number of carbonyl (C=O) groups excluding carboxylic acids is 5. The fraction of sp³-hybridized carbons (Fsp3) is 0.500. The molecule has 142 valence electrons. The van der Waals surface area contributed by atoms with Gasteiger partial charge in [0.05, 0.1) is 0 Å². The summed E-state index contributed by atoms with van der Waals surface area (Å²) in [6.45, 7) is -1.57. The smallest absolute Gasteiger partial charge is 0.405 e. The molecule has 15 heteroatoms. The van der Waals surface area contributed by atoms with Gasteiger partial charge in [0.25, 0.3) is 0 Å². The third-order valence-corrected chi connectivity index (χ3v) is 2.30. The number of rotatable bonds is 9. The van der Waals surface area contributed by atoms with Gasteiger partial charge in [-0.1, -0.05) is 0 Å². The van der Waals surface area contributed by atoms with E-state index in [4.69, 9.17) is 28.7 Å². The molecule has 0 aliphatic heterocycles. The van der Waals surface area contributed by atoms with Crippen LogP contribution in [-0.4, -0.2) is 62.0 Å². The molecule has 0 aromatic carbocycles. The second-order valence-corrected chi connectivity index (χ2v) is 4.11. The van der Waals surface area contributed by atoms with Crippen molar-refractivity contribution in [2.75, 3.05) is 13.2 Å². The van der Waals surface area contributed by atoms with Gasteiger partial charge >= 0.3 is 30.5 Å². The summed E-state index contributed by atoms with van der Waals surface area (Å²) in [5.41, 5.74) is 24.1. The largest absolute Gasteiger partial charge is 0.446 e. The summed E-state index contributed by atoms with van der Waals surface area (Å²) < 4.78 is 22.7. The molecule has 0 saturated carbocycles. The van der Waals surface area contributed by atoms with Gasteiger partial charge in [-0.3, -0.25) is 0 Å². The molecule has 0 aliphatic carbocycles. The molecule has 25 heavy (non-hydrogen) atoms. The average molecular weight is 367 g/mol. The summed E-state index contributed by atoms with van der Waals surface area (Å²) in [6, 6.07) is 0. The normalized spacial score (nSPS) is 13.4. The Balaban J connectivity index is 5.56. The number of primary amides is 5. The van der Waals surface area contributed by atoms with E-state index in [0.29, 0.717) is 0 Å². The van der Waals surface area contributed by atoms with Gasteiger partial charge in [0, 0.05) is 0 Å². The van der Waals surface area contributed by atoms with Gasteiger partial charge in [-0.15, -0.1) is 0 Å². The summed E-state index contributed by atoms with van der Waals surface area (Å²) in [5, 5.41) is 0. The zero-order valence-corrected chi connectivity index (χ0v) is 12.6. The van der Waals surface area contributed by atoms with Crippen LogP contribution in [0.15, 0.2) is 0 Å². The zero-order chi connectivity index (χ0) is 19.6. The van der Waals surface area contributed by atoms with Crippen LogP contribution in [0, 0.1) is 0 Å². The molecule has 0 rings (SSSR count). The van der Waals surface area contributed by atoms with Crippen LogP contribution < -0.4 is 28.7 Å². The third-order valence-electron chi connectivity index (χ3n) is 2.30. The van der Waals surface area contributed by atoms with Crippen LogP contribution in [0.2, 0.25) is 0 Å². The molecule has 0 heterocycles. The predicted octanol–water partition coefficient (Wildman–Crippen LogP) is -2.43. The minimum atomic E-state index is -1.75. The highest BCUT2D eigenvalue weighted by atomic mass is 16.6. The molecule has 0 radical (unpaired) electrons. The van der Waals surface area contributed by atoms with Gasteiger partial charge in [0.1, 0.15) is 13.2 Å². The minimum absolute atomic E-state index is 0.786. The Labute approximate surface area is 139 Å². The summed E-state index contributed by atoms with van der Waals surface area (Å²) in [4.78, 5) is 54.4. The van der Waals surface area contributed by atoms with Crippen LogP contribution in [0.25, 0.3) is 0 Å². The standard InChI is InChI=1S/C10H17N5O10/c11-6(16)21-1-3(23-8(13)18)5(25-10(15)20)4(24-9(14)19)2-22-7(12)17/h3-5H,1-2H2,(H2,11,16)(H2,12,17)(H2,13,18)(H2,14,19)(H2,15,20)/t3-,4+,5+. The van der Waals surface area contributed by atoms with Crippen LogP contribution in [0.3, 0.4) is 0 Å². The number of ether oxygens (including phenoxy) is 5. The topological polar surface area (TPSA) is 262 Å². The fourth-order valence-electron chi connectivity index (χ4n) is 1.54. The molecular formula is C10H17N5O10. The van der Waals surface area contributed by atoms with Gasteiger partial charge in [-0.25, -0.2) is 24.0 Å². The van der Waals surface area contributed by atoms with Crippen LogP contribution in [0.5, 0.6) is 0 Å². The van der Waals surface area contributed by atoms with Crippen LogP contribution in [0.1, 0.15) is 0 Å². The second kappa shape index (κ2) is 10.2. The SMILES string of the molecule is NC(=O)OC[C@H](OC(N)=O)[C@@H](OC(N)=O)[C@@H](COC(N)=O)OC(N)=O. The lowest BCUT2D eigenvalue weighted by Gasteiger charge is -2.30. The monoisotopic (exact) mass is 367 g/mol. The third kappa shape index (κ3) is 9.87. The number of hydrogen-bond acceptors (Lipinski definition) is 10. The Hall–Kier alpha value is -3.65. The lowest BCUT2D eigenvalue weighted by atomic mass is 10.1. The molecule has 0 unspecified atom stereocenters. The lowest BCUT2D eigenvalue weighted by molar-refractivity contribution is -0.0967. The van der Waals surface area contributed by atoms with Crippen molar-refractivity contribution in [2.24, 2.45) is 28.7 Å². The Morgan fingerprint density at radius 1 is 0.560 bits per heavy atom. The molecule has 15 nitrogen and oxygen atoms in total. The number of amides is 5. The highest BCUT2D eigenvalue weighted by molar-refractivity contribution is 5.68. The quantitative estimate of drug-likeness (QED) is 0.269. The van der Waals surface area contributed by atoms with E-state index in [1.165, 1.54) is 0 Å². The Morgan fingerprint density at radius 2 is 0.880 bits per heavy atom. The molecule has 3 atom stereocenters. The van der Waals surface area contributed by atoms with Crippen molar-refractivity contribution in [2.45, 2.75) is 18.3 Å². The molecule has 0 saturated heterocycles. The molecule has 0 aromatic heterocycles. The van der Waals surface area contributed by atoms with Crippen molar-refractivity contribution in [3.63, 3.8) is 0 Å².